The molecule has 0 atom stereocenters. The number of benzene rings is 2. The van der Waals surface area contributed by atoms with Gasteiger partial charge in [-0.2, -0.15) is 0 Å². The Hall–Kier alpha value is -2.70. The van der Waals surface area contributed by atoms with Crippen molar-refractivity contribution in [1.29, 1.82) is 0 Å². The number of carbonyl (C=O) groups is 2. The Labute approximate surface area is 217 Å². The molecular weight excluding hydrogens is 605 g/mol. The third-order valence-electron chi connectivity index (χ3n) is 4.41. The van der Waals surface area contributed by atoms with E-state index in [0.29, 0.717) is 32.8 Å². The number of aromatic nitrogens is 2. The second-order valence-corrected chi connectivity index (χ2v) is 13.8. The summed E-state index contributed by atoms with van der Waals surface area (Å²) in [5, 5.41) is 6.71. The summed E-state index contributed by atoms with van der Waals surface area (Å²) in [5.74, 6) is 0.411. The van der Waals surface area contributed by atoms with Gasteiger partial charge in [-0.15, -0.1) is 0 Å². The summed E-state index contributed by atoms with van der Waals surface area (Å²) < 4.78 is 1.67. The first-order chi connectivity index (χ1) is 16.5. The van der Waals surface area contributed by atoms with E-state index in [1.807, 2.05) is 0 Å². The number of amides is 2. The fourth-order valence-electron chi connectivity index (χ4n) is 2.84. The van der Waals surface area contributed by atoms with Gasteiger partial charge in [-0.25, -0.2) is 0 Å². The van der Waals surface area contributed by atoms with Gasteiger partial charge in [-0.05, 0) is 0 Å². The van der Waals surface area contributed by atoms with Crippen molar-refractivity contribution >= 4 is 81.8 Å². The number of pyridine rings is 2. The van der Waals surface area contributed by atoms with E-state index in [0.717, 1.165) is 8.92 Å². The molecule has 0 aliphatic heterocycles. The van der Waals surface area contributed by atoms with Crippen LogP contribution in [0.3, 0.4) is 0 Å². The van der Waals surface area contributed by atoms with Crippen molar-refractivity contribution in [3.8, 4) is 0 Å². The van der Waals surface area contributed by atoms with Gasteiger partial charge in [0.25, 0.3) is 0 Å². The van der Waals surface area contributed by atoms with Crippen molar-refractivity contribution in [3.05, 3.63) is 106 Å². The summed E-state index contributed by atoms with van der Waals surface area (Å²) in [6, 6.07) is 21.0. The van der Waals surface area contributed by atoms with Crippen LogP contribution in [-0.2, 0) is 0 Å². The van der Waals surface area contributed by atoms with Crippen molar-refractivity contribution in [3.63, 3.8) is 0 Å². The van der Waals surface area contributed by atoms with Gasteiger partial charge in [-0.3, -0.25) is 0 Å². The zero-order valence-electron chi connectivity index (χ0n) is 17.4. The van der Waals surface area contributed by atoms with Crippen LogP contribution in [0.5, 0.6) is 0 Å². The number of anilines is 2. The number of nitrogens with one attached hydrogen (secondary N) is 2. The van der Waals surface area contributed by atoms with Gasteiger partial charge in [0.05, 0.1) is 0 Å². The van der Waals surface area contributed by atoms with Gasteiger partial charge in [0.1, 0.15) is 0 Å². The van der Waals surface area contributed by atoms with Gasteiger partial charge in [0.2, 0.25) is 0 Å². The first kappa shape index (κ1) is 24.4. The van der Waals surface area contributed by atoms with Crippen LogP contribution in [0.2, 0.25) is 10.0 Å². The molecule has 170 valence electrons. The van der Waals surface area contributed by atoms with Gasteiger partial charge in [-0.1, -0.05) is 0 Å². The molecule has 2 N–H and O–H groups in total. The van der Waals surface area contributed by atoms with Crippen LogP contribution >= 0.6 is 23.2 Å². The van der Waals surface area contributed by atoms with Crippen molar-refractivity contribution in [1.82, 2.24) is 9.97 Å². The number of nitrogens with zero attached hydrogens (tertiary/aromatic N) is 2. The summed E-state index contributed by atoms with van der Waals surface area (Å²) in [4.78, 5) is 34.1. The van der Waals surface area contributed by atoms with E-state index in [1.54, 1.807) is 85.2 Å². The van der Waals surface area contributed by atoms with Crippen LogP contribution in [0.4, 0.5) is 11.6 Å². The minimum atomic E-state index is -0.262. The third-order valence-corrected chi connectivity index (χ3v) is 12.1. The molecule has 0 bridgehead atoms. The molecule has 4 aromatic rings. The SMILES string of the molecule is O=C(Nc1ccccn1)c1ccc(Cl)cc1[Se][Se]c1cc(Cl)ccc1C(=O)Nc1ccccn1. The number of hydrogen-bond acceptors (Lipinski definition) is 4. The van der Waals surface area contributed by atoms with Crippen LogP contribution in [-0.4, -0.2) is 48.0 Å². The topological polar surface area (TPSA) is 84.0 Å². The molecule has 0 aliphatic rings. The Bertz CT molecular complexity index is 1220. The molecular formula is C24H16Cl2N4O2Se2. The molecule has 4 rings (SSSR count). The molecule has 0 fully saturated rings. The fraction of sp³-hybridized carbons (Fsp3) is 0. The normalized spacial score (nSPS) is 10.5. The van der Waals surface area contributed by atoms with E-state index in [1.165, 1.54) is 0 Å². The average Bonchev–Trinajstić information content (AvgIpc) is 2.84. The van der Waals surface area contributed by atoms with Crippen molar-refractivity contribution in [2.45, 2.75) is 0 Å². The average molecular weight is 621 g/mol. The Kier molecular flexibility index (Phi) is 8.35. The fourth-order valence-corrected chi connectivity index (χ4v) is 10.6. The van der Waals surface area contributed by atoms with Gasteiger partial charge in [0.15, 0.2) is 0 Å². The molecule has 10 heteroatoms. The van der Waals surface area contributed by atoms with E-state index in [4.69, 9.17) is 23.2 Å². The standard InChI is InChI=1S/C24H16Cl2N4O2Se2/c25-15-7-9-17(23(31)29-21-5-1-3-11-27-21)19(13-15)33-34-20-14-16(26)8-10-18(20)24(32)30-22-6-2-4-12-28-22/h1-14H,(H,27,29,31)(H,28,30,32). The summed E-state index contributed by atoms with van der Waals surface area (Å²) in [5.41, 5.74) is 1.05. The van der Waals surface area contributed by atoms with E-state index in [-0.39, 0.29) is 38.1 Å². The van der Waals surface area contributed by atoms with E-state index < -0.39 is 0 Å². The third kappa shape index (κ3) is 6.45. The Morgan fingerprint density at radius 2 is 1.09 bits per heavy atom. The predicted molar refractivity (Wildman–Crippen MR) is 138 cm³/mol. The first-order valence-electron chi connectivity index (χ1n) is 9.88. The molecule has 0 unspecified atom stereocenters. The van der Waals surface area contributed by atoms with Crippen molar-refractivity contribution in [2.75, 3.05) is 10.6 Å². The zero-order valence-corrected chi connectivity index (χ0v) is 22.3. The van der Waals surface area contributed by atoms with Gasteiger partial charge < -0.3 is 0 Å². The predicted octanol–water partition coefficient (Wildman–Crippen LogP) is 3.56. The first-order valence-corrected chi connectivity index (χ1v) is 16.7. The van der Waals surface area contributed by atoms with Crippen molar-refractivity contribution in [2.24, 2.45) is 0 Å². The molecule has 2 amide bonds. The summed E-state index contributed by atoms with van der Waals surface area (Å²) in [6.07, 6.45) is 3.23. The second-order valence-electron chi connectivity index (χ2n) is 6.79. The quantitative estimate of drug-likeness (QED) is 0.310. The van der Waals surface area contributed by atoms with E-state index >= 15 is 0 Å². The maximum atomic E-state index is 12.9. The molecule has 0 radical (unpaired) electrons. The zero-order chi connectivity index (χ0) is 23.9. The molecule has 0 saturated heterocycles. The molecule has 2 heterocycles. The monoisotopic (exact) mass is 622 g/mol. The van der Waals surface area contributed by atoms with Gasteiger partial charge >= 0.3 is 218 Å². The number of carbonyl (C=O) groups excluding carboxylic acids is 2. The molecule has 2 aromatic heterocycles. The van der Waals surface area contributed by atoms with Crippen LogP contribution in [0.25, 0.3) is 0 Å². The van der Waals surface area contributed by atoms with E-state index in [9.17, 15) is 9.59 Å². The van der Waals surface area contributed by atoms with E-state index in [2.05, 4.69) is 20.6 Å². The molecule has 0 aliphatic carbocycles. The Balaban J connectivity index is 1.55. The number of hydrogen-bond donors (Lipinski definition) is 2. The number of rotatable bonds is 7. The van der Waals surface area contributed by atoms with Crippen LogP contribution in [0.1, 0.15) is 20.7 Å². The van der Waals surface area contributed by atoms with Crippen LogP contribution in [0.15, 0.2) is 85.2 Å². The Morgan fingerprint density at radius 3 is 1.47 bits per heavy atom. The molecule has 34 heavy (non-hydrogen) atoms. The number of halogens is 2. The van der Waals surface area contributed by atoms with Crippen LogP contribution in [0, 0.1) is 0 Å². The summed E-state index contributed by atoms with van der Waals surface area (Å²) in [6.45, 7) is 0. The van der Waals surface area contributed by atoms with Crippen LogP contribution < -0.4 is 19.6 Å². The molecule has 0 spiro atoms. The minimum absolute atomic E-state index is 0.153. The molecule has 2 aromatic carbocycles. The maximum absolute atomic E-state index is 12.9. The van der Waals surface area contributed by atoms with Gasteiger partial charge in [0, 0.05) is 0 Å². The summed E-state index contributed by atoms with van der Waals surface area (Å²) in [7, 11) is 0. The second kappa shape index (κ2) is 11.6. The molecule has 0 saturated carbocycles. The van der Waals surface area contributed by atoms with Crippen molar-refractivity contribution < 1.29 is 9.59 Å². The Morgan fingerprint density at radius 1 is 0.647 bits per heavy atom. The summed E-state index contributed by atoms with van der Waals surface area (Å²) >= 11 is 12.2. The molecule has 6 nitrogen and oxygen atoms in total.